The molecule has 0 spiro atoms. The zero-order chi connectivity index (χ0) is 27.4. The van der Waals surface area contributed by atoms with E-state index in [-0.39, 0.29) is 41.2 Å². The number of allylic oxidation sites excluding steroid dienone is 1. The summed E-state index contributed by atoms with van der Waals surface area (Å²) >= 11 is 0. The number of aliphatic imine (C=N–C) groups is 1. The molecule has 1 fully saturated rings. The molecule has 0 radical (unpaired) electrons. The predicted molar refractivity (Wildman–Crippen MR) is 131 cm³/mol. The van der Waals surface area contributed by atoms with E-state index in [2.05, 4.69) is 25.7 Å². The quantitative estimate of drug-likeness (QED) is 0.574. The van der Waals surface area contributed by atoms with E-state index < -0.39 is 12.9 Å². The Labute approximate surface area is 206 Å². The third-order valence-electron chi connectivity index (χ3n) is 6.21. The standard InChI is InChI=1S/C24H26N8O3/c1-12-7-17(30-32(12)4)14-9-27-22-20(21(14)33)18(11-31(22)3)28-16-8-19(29-23(34)13-5-6-13)26-10-15(16)24(35)25-2/h7-10,13H,5-6,11H2,1-4H3,(H,25,35)(H2,26,28,29,34)/i2D3. The average molecular weight is 478 g/mol. The fourth-order valence-electron chi connectivity index (χ4n) is 4.03. The summed E-state index contributed by atoms with van der Waals surface area (Å²) in [5.41, 5.74) is 2.59. The molecule has 2 aromatic rings. The number of carbonyl (C=O) groups excluding carboxylic acids is 3. The van der Waals surface area contributed by atoms with Crippen molar-refractivity contribution in [3.05, 3.63) is 52.8 Å². The maximum atomic E-state index is 13.6. The molecule has 0 atom stereocenters. The van der Waals surface area contributed by atoms with E-state index in [0.717, 1.165) is 18.5 Å². The Morgan fingerprint density at radius 3 is 2.71 bits per heavy atom. The van der Waals surface area contributed by atoms with Crippen molar-refractivity contribution >= 4 is 40.5 Å². The number of pyridine rings is 1. The number of rotatable bonds is 6. The van der Waals surface area contributed by atoms with Crippen molar-refractivity contribution in [2.24, 2.45) is 18.0 Å². The molecular weight excluding hydrogens is 448 g/mol. The first-order chi connectivity index (χ1) is 17.9. The summed E-state index contributed by atoms with van der Waals surface area (Å²) < 4.78 is 23.9. The van der Waals surface area contributed by atoms with Crippen molar-refractivity contribution in [3.63, 3.8) is 0 Å². The zero-order valence-electron chi connectivity index (χ0n) is 22.5. The molecule has 11 heteroatoms. The minimum absolute atomic E-state index is 0.0638. The summed E-state index contributed by atoms with van der Waals surface area (Å²) in [6, 6.07) is 3.25. The first-order valence-corrected chi connectivity index (χ1v) is 11.1. The number of Topliss-reactive ketones (excluding diaryl/α,β-unsaturated/α-hetero) is 1. The molecule has 180 valence electrons. The minimum atomic E-state index is -2.72. The van der Waals surface area contributed by atoms with Crippen LogP contribution < -0.4 is 16.0 Å². The van der Waals surface area contributed by atoms with E-state index in [1.807, 2.05) is 12.2 Å². The van der Waals surface area contributed by atoms with Crippen LogP contribution in [0.3, 0.4) is 0 Å². The van der Waals surface area contributed by atoms with E-state index in [1.165, 1.54) is 18.5 Å². The molecule has 2 amide bonds. The van der Waals surface area contributed by atoms with Crippen LogP contribution in [-0.4, -0.2) is 63.7 Å². The van der Waals surface area contributed by atoms with Gasteiger partial charge < -0.3 is 20.9 Å². The van der Waals surface area contributed by atoms with E-state index in [9.17, 15) is 14.4 Å². The van der Waals surface area contributed by atoms with Gasteiger partial charge in [-0.2, -0.15) is 5.10 Å². The van der Waals surface area contributed by atoms with Crippen LogP contribution in [0, 0.1) is 12.8 Å². The van der Waals surface area contributed by atoms with E-state index in [0.29, 0.717) is 28.4 Å². The van der Waals surface area contributed by atoms with Gasteiger partial charge in [-0.05, 0) is 25.8 Å². The molecule has 0 saturated heterocycles. The fraction of sp³-hybridized carbons (Fsp3) is 0.333. The van der Waals surface area contributed by atoms with Crippen LogP contribution in [0.1, 0.15) is 38.7 Å². The topological polar surface area (TPSA) is 134 Å². The Balaban J connectivity index is 1.52. The molecule has 1 aliphatic carbocycles. The lowest BCUT2D eigenvalue weighted by Crippen LogP contribution is -2.27. The Morgan fingerprint density at radius 2 is 2.03 bits per heavy atom. The first kappa shape index (κ1) is 19.1. The molecule has 2 aliphatic heterocycles. The number of aromatic nitrogens is 3. The summed E-state index contributed by atoms with van der Waals surface area (Å²) in [6.45, 7) is -0.569. The van der Waals surface area contributed by atoms with Crippen molar-refractivity contribution in [2.45, 2.75) is 19.8 Å². The van der Waals surface area contributed by atoms with Crippen LogP contribution in [0.4, 0.5) is 11.5 Å². The number of amides is 2. The molecule has 0 aromatic carbocycles. The third kappa shape index (κ3) is 4.09. The van der Waals surface area contributed by atoms with Gasteiger partial charge in [0.05, 0.1) is 34.6 Å². The highest BCUT2D eigenvalue weighted by Crippen LogP contribution is 2.33. The van der Waals surface area contributed by atoms with Crippen molar-refractivity contribution in [3.8, 4) is 0 Å². The van der Waals surface area contributed by atoms with Crippen LogP contribution in [-0.2, 0) is 16.6 Å². The summed E-state index contributed by atoms with van der Waals surface area (Å²) in [5, 5.41) is 12.2. The van der Waals surface area contributed by atoms with Gasteiger partial charge in [-0.1, -0.05) is 0 Å². The molecule has 2 aromatic heterocycles. The number of nitrogens with zero attached hydrogens (tertiary/aromatic N) is 5. The molecule has 3 N–H and O–H groups in total. The summed E-state index contributed by atoms with van der Waals surface area (Å²) in [6.07, 6.45) is 4.29. The highest BCUT2D eigenvalue weighted by molar-refractivity contribution is 6.41. The number of likely N-dealkylation sites (N-methyl/N-ethyl adjacent to an activating group) is 1. The lowest BCUT2D eigenvalue weighted by molar-refractivity contribution is -0.117. The van der Waals surface area contributed by atoms with Gasteiger partial charge in [0.15, 0.2) is 0 Å². The predicted octanol–water partition coefficient (Wildman–Crippen LogP) is 1.47. The second kappa shape index (κ2) is 8.49. The Hall–Kier alpha value is -4.28. The SMILES string of the molecule is [2H]C([2H])([2H])NC(=O)c1cnc(NC(=O)C2CC2)cc1NC1=C2C(=O)C(c3cc(C)n(C)n3)=CN=C2N(C)C1. The van der Waals surface area contributed by atoms with Gasteiger partial charge in [-0.15, -0.1) is 0 Å². The highest BCUT2D eigenvalue weighted by Gasteiger charge is 2.36. The maximum absolute atomic E-state index is 13.6. The van der Waals surface area contributed by atoms with Crippen molar-refractivity contribution in [2.75, 3.05) is 31.2 Å². The largest absolute Gasteiger partial charge is 0.356 e. The number of hydrogen-bond acceptors (Lipinski definition) is 8. The van der Waals surface area contributed by atoms with Gasteiger partial charge in [-0.3, -0.25) is 19.1 Å². The Bertz CT molecular complexity index is 1450. The molecule has 4 heterocycles. The number of aryl methyl sites for hydroxylation is 2. The van der Waals surface area contributed by atoms with Gasteiger partial charge in [0.1, 0.15) is 11.7 Å². The Kier molecular flexibility index (Phi) is 4.63. The molecule has 0 bridgehead atoms. The van der Waals surface area contributed by atoms with E-state index in [1.54, 1.807) is 29.7 Å². The molecule has 35 heavy (non-hydrogen) atoms. The van der Waals surface area contributed by atoms with Crippen LogP contribution in [0.2, 0.25) is 0 Å². The highest BCUT2D eigenvalue weighted by atomic mass is 16.2. The second-order valence-corrected chi connectivity index (χ2v) is 8.79. The Morgan fingerprint density at radius 1 is 1.23 bits per heavy atom. The average Bonchev–Trinajstić information content (AvgIpc) is 3.56. The number of ketones is 1. The zero-order valence-corrected chi connectivity index (χ0v) is 19.5. The van der Waals surface area contributed by atoms with Crippen molar-refractivity contribution in [1.29, 1.82) is 0 Å². The van der Waals surface area contributed by atoms with Crippen LogP contribution in [0.5, 0.6) is 0 Å². The van der Waals surface area contributed by atoms with Gasteiger partial charge in [-0.25, -0.2) is 9.98 Å². The minimum Gasteiger partial charge on any atom is -0.356 e. The third-order valence-corrected chi connectivity index (χ3v) is 6.21. The summed E-state index contributed by atoms with van der Waals surface area (Å²) in [4.78, 5) is 49.1. The number of hydrogen-bond donors (Lipinski definition) is 3. The molecular formula is C24H26N8O3. The fourth-order valence-corrected chi connectivity index (χ4v) is 4.03. The number of nitrogens with one attached hydrogen (secondary N) is 3. The molecule has 0 unspecified atom stereocenters. The van der Waals surface area contributed by atoms with Crippen LogP contribution in [0.15, 0.2) is 40.8 Å². The number of amidine groups is 1. The molecule has 11 nitrogen and oxygen atoms in total. The first-order valence-electron chi connectivity index (χ1n) is 12.6. The van der Waals surface area contributed by atoms with Gasteiger partial charge in [0.25, 0.3) is 5.91 Å². The lowest BCUT2D eigenvalue weighted by Gasteiger charge is -2.16. The lowest BCUT2D eigenvalue weighted by atomic mass is 9.98. The number of fused-ring (bicyclic) bond motifs is 1. The normalized spacial score (nSPS) is 18.8. The molecule has 3 aliphatic rings. The molecule has 1 saturated carbocycles. The van der Waals surface area contributed by atoms with Gasteiger partial charge >= 0.3 is 0 Å². The van der Waals surface area contributed by atoms with Crippen molar-refractivity contribution < 1.29 is 18.5 Å². The number of carbonyl (C=O) groups is 3. The van der Waals surface area contributed by atoms with Gasteiger partial charge in [0, 0.05) is 61.0 Å². The van der Waals surface area contributed by atoms with Crippen LogP contribution >= 0.6 is 0 Å². The smallest absolute Gasteiger partial charge is 0.254 e. The summed E-state index contributed by atoms with van der Waals surface area (Å²) in [7, 11) is 3.56. The van der Waals surface area contributed by atoms with E-state index in [4.69, 9.17) is 4.11 Å². The maximum Gasteiger partial charge on any atom is 0.254 e. The second-order valence-electron chi connectivity index (χ2n) is 8.79. The van der Waals surface area contributed by atoms with E-state index >= 15 is 0 Å². The monoisotopic (exact) mass is 477 g/mol. The summed E-state index contributed by atoms with van der Waals surface area (Å²) in [5.74, 6) is -0.767. The molecule has 5 rings (SSSR count). The number of anilines is 2. The van der Waals surface area contributed by atoms with Gasteiger partial charge in [0.2, 0.25) is 11.7 Å². The van der Waals surface area contributed by atoms with Crippen LogP contribution in [0.25, 0.3) is 5.57 Å². The van der Waals surface area contributed by atoms with Crippen molar-refractivity contribution in [1.82, 2.24) is 25.0 Å².